The summed E-state index contributed by atoms with van der Waals surface area (Å²) in [4.78, 5) is 8.39. The van der Waals surface area contributed by atoms with Crippen LogP contribution < -0.4 is 16.4 Å². The van der Waals surface area contributed by atoms with Crippen LogP contribution in [0.4, 0.5) is 23.0 Å². The minimum atomic E-state index is 0.461. The van der Waals surface area contributed by atoms with Gasteiger partial charge in [0.05, 0.1) is 0 Å². The molecule has 0 bridgehead atoms. The fourth-order valence-corrected chi connectivity index (χ4v) is 2.31. The Hall–Kier alpha value is -2.79. The van der Waals surface area contributed by atoms with E-state index in [9.17, 15) is 0 Å². The van der Waals surface area contributed by atoms with Gasteiger partial charge in [0, 0.05) is 17.3 Å². The summed E-state index contributed by atoms with van der Waals surface area (Å²) in [6, 6.07) is 17.4. The van der Waals surface area contributed by atoms with Crippen LogP contribution in [0.25, 0.3) is 0 Å². The van der Waals surface area contributed by atoms with E-state index in [2.05, 4.69) is 20.6 Å². The van der Waals surface area contributed by atoms with Crippen LogP contribution in [-0.2, 0) is 6.54 Å². The number of hydrogen-bond acceptors (Lipinski definition) is 5. The second-order valence-electron chi connectivity index (χ2n) is 4.96. The van der Waals surface area contributed by atoms with Crippen molar-refractivity contribution in [3.05, 3.63) is 71.5 Å². The van der Waals surface area contributed by atoms with E-state index in [0.717, 1.165) is 11.3 Å². The number of nitrogen functional groups attached to an aromatic ring is 1. The highest BCUT2D eigenvalue weighted by Crippen LogP contribution is 2.27. The summed E-state index contributed by atoms with van der Waals surface area (Å²) in [7, 11) is 0. The second kappa shape index (κ2) is 6.98. The summed E-state index contributed by atoms with van der Waals surface area (Å²) < 4.78 is 0. The Morgan fingerprint density at radius 2 is 1.74 bits per heavy atom. The molecule has 0 saturated carbocycles. The molecule has 0 amide bonds. The Kier molecular flexibility index (Phi) is 4.59. The second-order valence-corrected chi connectivity index (χ2v) is 5.40. The van der Waals surface area contributed by atoms with Gasteiger partial charge in [0.1, 0.15) is 12.0 Å². The maximum Gasteiger partial charge on any atom is 0.159 e. The van der Waals surface area contributed by atoms with E-state index in [1.54, 1.807) is 6.07 Å². The molecule has 0 unspecified atom stereocenters. The van der Waals surface area contributed by atoms with Crippen LogP contribution in [0, 0.1) is 0 Å². The van der Waals surface area contributed by atoms with Gasteiger partial charge in [0.15, 0.2) is 11.6 Å². The number of aromatic nitrogens is 2. The highest BCUT2D eigenvalue weighted by molar-refractivity contribution is 6.30. The molecule has 0 saturated heterocycles. The van der Waals surface area contributed by atoms with Gasteiger partial charge >= 0.3 is 0 Å². The Balaban J connectivity index is 1.75. The third kappa shape index (κ3) is 3.90. The van der Waals surface area contributed by atoms with Crippen LogP contribution >= 0.6 is 11.6 Å². The van der Waals surface area contributed by atoms with Gasteiger partial charge in [0.25, 0.3) is 0 Å². The van der Waals surface area contributed by atoms with Gasteiger partial charge in [-0.25, -0.2) is 9.97 Å². The summed E-state index contributed by atoms with van der Waals surface area (Å²) in [5.74, 6) is 1.13. The Bertz CT molecular complexity index is 792. The third-order valence-electron chi connectivity index (χ3n) is 3.27. The number of halogens is 1. The number of nitrogens with two attached hydrogens (primary N) is 1. The molecular formula is C17H16ClN5. The molecule has 1 heterocycles. The predicted octanol–water partition coefficient (Wildman–Crippen LogP) is 4.07. The van der Waals surface area contributed by atoms with Crippen molar-refractivity contribution in [1.82, 2.24) is 9.97 Å². The lowest BCUT2D eigenvalue weighted by molar-refractivity contribution is 1.09. The summed E-state index contributed by atoms with van der Waals surface area (Å²) in [5, 5.41) is 7.02. The van der Waals surface area contributed by atoms with E-state index >= 15 is 0 Å². The van der Waals surface area contributed by atoms with Crippen molar-refractivity contribution in [1.29, 1.82) is 0 Å². The van der Waals surface area contributed by atoms with Gasteiger partial charge in [-0.05, 0) is 23.8 Å². The number of hydrogen-bond donors (Lipinski definition) is 3. The lowest BCUT2D eigenvalue weighted by Gasteiger charge is -2.12. The molecular weight excluding hydrogens is 310 g/mol. The van der Waals surface area contributed by atoms with Crippen LogP contribution in [0.5, 0.6) is 0 Å². The van der Waals surface area contributed by atoms with Crippen molar-refractivity contribution in [2.45, 2.75) is 6.54 Å². The van der Waals surface area contributed by atoms with Crippen LogP contribution in [0.1, 0.15) is 5.56 Å². The van der Waals surface area contributed by atoms with Gasteiger partial charge in [-0.1, -0.05) is 48.0 Å². The van der Waals surface area contributed by atoms with Gasteiger partial charge in [-0.2, -0.15) is 0 Å². The zero-order valence-corrected chi connectivity index (χ0v) is 13.1. The van der Waals surface area contributed by atoms with Crippen LogP contribution in [0.3, 0.4) is 0 Å². The van der Waals surface area contributed by atoms with Gasteiger partial charge in [-0.15, -0.1) is 0 Å². The average molecular weight is 326 g/mol. The van der Waals surface area contributed by atoms with Crippen molar-refractivity contribution in [2.24, 2.45) is 0 Å². The van der Waals surface area contributed by atoms with Crippen molar-refractivity contribution < 1.29 is 0 Å². The van der Waals surface area contributed by atoms with Gasteiger partial charge < -0.3 is 16.4 Å². The Morgan fingerprint density at radius 1 is 0.957 bits per heavy atom. The SMILES string of the molecule is Nc1c(NCc2ccccc2)ncnc1Nc1cccc(Cl)c1. The van der Waals surface area contributed by atoms with E-state index in [4.69, 9.17) is 17.3 Å². The molecule has 5 nitrogen and oxygen atoms in total. The molecule has 4 N–H and O–H groups in total. The fourth-order valence-electron chi connectivity index (χ4n) is 2.12. The highest BCUT2D eigenvalue weighted by atomic mass is 35.5. The molecule has 6 heteroatoms. The zero-order valence-electron chi connectivity index (χ0n) is 12.3. The van der Waals surface area contributed by atoms with E-state index in [1.165, 1.54) is 6.33 Å². The lowest BCUT2D eigenvalue weighted by Crippen LogP contribution is -2.08. The first-order chi connectivity index (χ1) is 11.2. The van der Waals surface area contributed by atoms with E-state index < -0.39 is 0 Å². The molecule has 0 aliphatic carbocycles. The van der Waals surface area contributed by atoms with Crippen LogP contribution in [0.15, 0.2) is 60.9 Å². The highest BCUT2D eigenvalue weighted by Gasteiger charge is 2.08. The van der Waals surface area contributed by atoms with Crippen LogP contribution in [0.2, 0.25) is 5.02 Å². The monoisotopic (exact) mass is 325 g/mol. The number of benzene rings is 2. The van der Waals surface area contributed by atoms with Crippen molar-refractivity contribution in [3.8, 4) is 0 Å². The number of nitrogens with one attached hydrogen (secondary N) is 2. The van der Waals surface area contributed by atoms with E-state index in [-0.39, 0.29) is 0 Å². The topological polar surface area (TPSA) is 75.9 Å². The van der Waals surface area contributed by atoms with Crippen LogP contribution in [-0.4, -0.2) is 9.97 Å². The number of nitrogens with zero attached hydrogens (tertiary/aromatic N) is 2. The molecule has 3 aromatic rings. The molecule has 0 atom stereocenters. The summed E-state index contributed by atoms with van der Waals surface area (Å²) in [6.07, 6.45) is 1.47. The number of rotatable bonds is 5. The Morgan fingerprint density at radius 3 is 2.52 bits per heavy atom. The molecule has 0 radical (unpaired) electrons. The zero-order chi connectivity index (χ0) is 16.1. The molecule has 3 rings (SSSR count). The number of anilines is 4. The molecule has 116 valence electrons. The smallest absolute Gasteiger partial charge is 0.159 e. The summed E-state index contributed by atoms with van der Waals surface area (Å²) >= 11 is 5.98. The molecule has 0 fully saturated rings. The van der Waals surface area contributed by atoms with Crippen molar-refractivity contribution in [3.63, 3.8) is 0 Å². The normalized spacial score (nSPS) is 10.3. The first-order valence-corrected chi connectivity index (χ1v) is 7.51. The fraction of sp³-hybridized carbons (Fsp3) is 0.0588. The summed E-state index contributed by atoms with van der Waals surface area (Å²) in [5.41, 5.74) is 8.58. The molecule has 2 aromatic carbocycles. The van der Waals surface area contributed by atoms with Gasteiger partial charge in [0.2, 0.25) is 0 Å². The maximum absolute atomic E-state index is 6.15. The van der Waals surface area contributed by atoms with Crippen molar-refractivity contribution >= 4 is 34.6 Å². The molecule has 1 aromatic heterocycles. The lowest BCUT2D eigenvalue weighted by atomic mass is 10.2. The van der Waals surface area contributed by atoms with Crippen molar-refractivity contribution in [2.75, 3.05) is 16.4 Å². The minimum absolute atomic E-state index is 0.461. The first-order valence-electron chi connectivity index (χ1n) is 7.13. The standard InChI is InChI=1S/C17H16ClN5/c18-13-7-4-8-14(9-13)23-17-15(19)16(21-11-22-17)20-10-12-5-2-1-3-6-12/h1-9,11H,10,19H2,(H2,20,21,22,23). The molecule has 23 heavy (non-hydrogen) atoms. The van der Waals surface area contributed by atoms with E-state index in [0.29, 0.717) is 28.9 Å². The van der Waals surface area contributed by atoms with E-state index in [1.807, 2.05) is 48.5 Å². The summed E-state index contributed by atoms with van der Waals surface area (Å²) in [6.45, 7) is 0.638. The first kappa shape index (κ1) is 15.1. The largest absolute Gasteiger partial charge is 0.393 e. The predicted molar refractivity (Wildman–Crippen MR) is 94.9 cm³/mol. The quantitative estimate of drug-likeness (QED) is 0.659. The minimum Gasteiger partial charge on any atom is -0.393 e. The van der Waals surface area contributed by atoms with Gasteiger partial charge in [-0.3, -0.25) is 0 Å². The third-order valence-corrected chi connectivity index (χ3v) is 3.51. The Labute approximate surface area is 139 Å². The average Bonchev–Trinajstić information content (AvgIpc) is 2.57. The molecule has 0 aliphatic heterocycles. The molecule has 0 spiro atoms. The maximum atomic E-state index is 6.15. The molecule has 0 aliphatic rings.